The maximum atomic E-state index is 6.10. The minimum Gasteiger partial charge on any atom is -0.341 e. The Bertz CT molecular complexity index is 540. The molecule has 1 heterocycles. The molecule has 1 aromatic carbocycles. The summed E-state index contributed by atoms with van der Waals surface area (Å²) in [7, 11) is 0. The van der Waals surface area contributed by atoms with E-state index in [1.165, 1.54) is 29.4 Å². The summed E-state index contributed by atoms with van der Waals surface area (Å²) in [5.41, 5.74) is 8.30. The van der Waals surface area contributed by atoms with Gasteiger partial charge in [0.1, 0.15) is 0 Å². The Balaban J connectivity index is 2.10. The van der Waals surface area contributed by atoms with Crippen molar-refractivity contribution in [3.05, 3.63) is 35.0 Å². The number of fused-ring (bicyclic) bond motifs is 1. The van der Waals surface area contributed by atoms with Crippen LogP contribution in [0.3, 0.4) is 0 Å². The topological polar surface area (TPSA) is 30.9 Å². The van der Waals surface area contributed by atoms with Gasteiger partial charge in [0, 0.05) is 22.3 Å². The van der Waals surface area contributed by atoms with E-state index in [0.29, 0.717) is 6.04 Å². The number of nitrogens with two attached hydrogens (primary N) is 1. The molecular weight excluding hydrogens is 232 g/mol. The van der Waals surface area contributed by atoms with Crippen LogP contribution in [0.4, 0.5) is 0 Å². The number of benzene rings is 1. The molecule has 1 aliphatic rings. The molecule has 90 valence electrons. The first-order valence-corrected chi connectivity index (χ1v) is 6.67. The number of nitrogens with zero attached hydrogens (tertiary/aromatic N) is 1. The Kier molecular flexibility index (Phi) is 2.85. The van der Waals surface area contributed by atoms with Crippen molar-refractivity contribution in [2.75, 3.05) is 6.54 Å². The van der Waals surface area contributed by atoms with Gasteiger partial charge < -0.3 is 10.3 Å². The van der Waals surface area contributed by atoms with Crippen LogP contribution >= 0.6 is 11.6 Å². The van der Waals surface area contributed by atoms with Crippen LogP contribution in [0, 0.1) is 0 Å². The summed E-state index contributed by atoms with van der Waals surface area (Å²) in [6, 6.07) is 9.15. The van der Waals surface area contributed by atoms with Crippen molar-refractivity contribution in [1.82, 2.24) is 4.57 Å². The minimum atomic E-state index is 0.693. The van der Waals surface area contributed by atoms with Gasteiger partial charge in [0.15, 0.2) is 0 Å². The normalized spacial score (nSPS) is 15.6. The number of hydrogen-bond acceptors (Lipinski definition) is 1. The molecule has 0 saturated heterocycles. The molecule has 17 heavy (non-hydrogen) atoms. The van der Waals surface area contributed by atoms with Crippen molar-refractivity contribution in [2.45, 2.75) is 31.7 Å². The fourth-order valence-electron chi connectivity index (χ4n) is 2.49. The van der Waals surface area contributed by atoms with Gasteiger partial charge in [-0.15, -0.1) is 0 Å². The number of aryl methyl sites for hydroxylation is 1. The van der Waals surface area contributed by atoms with E-state index in [-0.39, 0.29) is 0 Å². The molecule has 0 aliphatic heterocycles. The Labute approximate surface area is 106 Å². The second-order valence-corrected chi connectivity index (χ2v) is 5.27. The summed E-state index contributed by atoms with van der Waals surface area (Å²) in [5, 5.41) is 2.12. The second-order valence-electron chi connectivity index (χ2n) is 4.83. The molecule has 2 aromatic rings. The lowest BCUT2D eigenvalue weighted by molar-refractivity contribution is 0.694. The lowest BCUT2D eigenvalue weighted by Crippen LogP contribution is -2.05. The van der Waals surface area contributed by atoms with E-state index in [1.54, 1.807) is 0 Å². The zero-order chi connectivity index (χ0) is 11.8. The van der Waals surface area contributed by atoms with Crippen molar-refractivity contribution >= 4 is 22.5 Å². The Morgan fingerprint density at radius 2 is 2.12 bits per heavy atom. The van der Waals surface area contributed by atoms with E-state index in [0.717, 1.165) is 24.4 Å². The highest BCUT2D eigenvalue weighted by molar-refractivity contribution is 6.31. The average Bonchev–Trinajstić information content (AvgIpc) is 3.08. The van der Waals surface area contributed by atoms with Crippen LogP contribution < -0.4 is 5.73 Å². The Morgan fingerprint density at radius 1 is 1.29 bits per heavy atom. The fourth-order valence-corrected chi connectivity index (χ4v) is 2.66. The third-order valence-electron chi connectivity index (χ3n) is 3.43. The second kappa shape index (κ2) is 4.35. The van der Waals surface area contributed by atoms with Gasteiger partial charge in [-0.1, -0.05) is 17.7 Å². The first-order chi connectivity index (χ1) is 8.29. The standard InChI is InChI=1S/C14H17ClN2/c15-11-4-3-10-8-13(2-1-7-16)17(12-5-6-12)14(10)9-11/h3-4,8-9,12H,1-2,5-7,16H2. The molecule has 2 nitrogen and oxygen atoms in total. The summed E-state index contributed by atoms with van der Waals surface area (Å²) < 4.78 is 2.47. The highest BCUT2D eigenvalue weighted by Crippen LogP contribution is 2.40. The minimum absolute atomic E-state index is 0.693. The molecular formula is C14H17ClN2. The molecule has 0 bridgehead atoms. The molecule has 3 heteroatoms. The molecule has 0 unspecified atom stereocenters. The predicted molar refractivity (Wildman–Crippen MR) is 72.6 cm³/mol. The molecule has 0 spiro atoms. The SMILES string of the molecule is NCCCc1cc2ccc(Cl)cc2n1C1CC1. The highest BCUT2D eigenvalue weighted by Gasteiger charge is 2.26. The summed E-state index contributed by atoms with van der Waals surface area (Å²) in [5.74, 6) is 0. The quantitative estimate of drug-likeness (QED) is 0.882. The fraction of sp³-hybridized carbons (Fsp3) is 0.429. The lowest BCUT2D eigenvalue weighted by atomic mass is 10.2. The van der Waals surface area contributed by atoms with E-state index >= 15 is 0 Å². The third kappa shape index (κ3) is 2.07. The van der Waals surface area contributed by atoms with Crippen LogP contribution in [-0.4, -0.2) is 11.1 Å². The Morgan fingerprint density at radius 3 is 2.82 bits per heavy atom. The number of aromatic nitrogens is 1. The maximum absolute atomic E-state index is 6.10. The maximum Gasteiger partial charge on any atom is 0.0500 e. The van der Waals surface area contributed by atoms with Crippen LogP contribution in [0.2, 0.25) is 5.02 Å². The smallest absolute Gasteiger partial charge is 0.0500 e. The van der Waals surface area contributed by atoms with Gasteiger partial charge in [-0.3, -0.25) is 0 Å². The van der Waals surface area contributed by atoms with Crippen LogP contribution in [0.5, 0.6) is 0 Å². The van der Waals surface area contributed by atoms with Gasteiger partial charge in [0.2, 0.25) is 0 Å². The Hall–Kier alpha value is -0.990. The van der Waals surface area contributed by atoms with Gasteiger partial charge >= 0.3 is 0 Å². The van der Waals surface area contributed by atoms with Crippen molar-refractivity contribution in [2.24, 2.45) is 5.73 Å². The summed E-state index contributed by atoms with van der Waals surface area (Å²) in [6.07, 6.45) is 4.72. The first-order valence-electron chi connectivity index (χ1n) is 6.29. The molecule has 0 atom stereocenters. The van der Waals surface area contributed by atoms with Crippen LogP contribution in [-0.2, 0) is 6.42 Å². The van der Waals surface area contributed by atoms with Gasteiger partial charge in [0.25, 0.3) is 0 Å². The first kappa shape index (κ1) is 11.1. The van der Waals surface area contributed by atoms with Gasteiger partial charge in [0.05, 0.1) is 0 Å². The van der Waals surface area contributed by atoms with Gasteiger partial charge in [-0.25, -0.2) is 0 Å². The molecule has 1 fully saturated rings. The van der Waals surface area contributed by atoms with E-state index in [9.17, 15) is 0 Å². The largest absolute Gasteiger partial charge is 0.341 e. The van der Waals surface area contributed by atoms with Crippen LogP contribution in [0.1, 0.15) is 31.0 Å². The van der Waals surface area contributed by atoms with Crippen molar-refractivity contribution in [3.63, 3.8) is 0 Å². The van der Waals surface area contributed by atoms with Crippen molar-refractivity contribution < 1.29 is 0 Å². The predicted octanol–water partition coefficient (Wildman–Crippen LogP) is 3.52. The number of rotatable bonds is 4. The summed E-state index contributed by atoms with van der Waals surface area (Å²) in [6.45, 7) is 0.757. The van der Waals surface area contributed by atoms with E-state index in [1.807, 2.05) is 6.07 Å². The molecule has 1 saturated carbocycles. The highest BCUT2D eigenvalue weighted by atomic mass is 35.5. The lowest BCUT2D eigenvalue weighted by Gasteiger charge is -2.09. The zero-order valence-corrected chi connectivity index (χ0v) is 10.6. The van der Waals surface area contributed by atoms with E-state index in [4.69, 9.17) is 17.3 Å². The average molecular weight is 249 g/mol. The van der Waals surface area contributed by atoms with Crippen molar-refractivity contribution in [1.29, 1.82) is 0 Å². The van der Waals surface area contributed by atoms with Crippen LogP contribution in [0.15, 0.2) is 24.3 Å². The third-order valence-corrected chi connectivity index (χ3v) is 3.67. The van der Waals surface area contributed by atoms with Gasteiger partial charge in [-0.05, 0) is 55.8 Å². The van der Waals surface area contributed by atoms with E-state index in [2.05, 4.69) is 22.8 Å². The monoisotopic (exact) mass is 248 g/mol. The van der Waals surface area contributed by atoms with Crippen LogP contribution in [0.25, 0.3) is 10.9 Å². The molecule has 0 amide bonds. The summed E-state index contributed by atoms with van der Waals surface area (Å²) in [4.78, 5) is 0. The number of halogens is 1. The van der Waals surface area contributed by atoms with Gasteiger partial charge in [-0.2, -0.15) is 0 Å². The van der Waals surface area contributed by atoms with E-state index < -0.39 is 0 Å². The molecule has 3 rings (SSSR count). The molecule has 1 aliphatic carbocycles. The zero-order valence-electron chi connectivity index (χ0n) is 9.82. The molecule has 0 radical (unpaired) electrons. The summed E-state index contributed by atoms with van der Waals surface area (Å²) >= 11 is 6.10. The van der Waals surface area contributed by atoms with Crippen molar-refractivity contribution in [3.8, 4) is 0 Å². The molecule has 2 N–H and O–H groups in total. The molecule has 1 aromatic heterocycles. The number of hydrogen-bond donors (Lipinski definition) is 1.